The van der Waals surface area contributed by atoms with Crippen LogP contribution in [0.2, 0.25) is 0 Å². The van der Waals surface area contributed by atoms with Crippen LogP contribution in [0.25, 0.3) is 0 Å². The SMILES string of the molecule is C=CC[C@@](C)(N)CC(=O)N[C@@](C)(CC(=O)N[C@](C)(CCC)CC(=O)N[C@](C)(CC=C)CC(=O)N[C@@](C)(CC(=O)N[C@](C)(CCC)CC(=O)O)Cc1ccccc1)Cc1ccccc1. The number of rotatable bonds is 29. The van der Waals surface area contributed by atoms with Crippen LogP contribution in [-0.4, -0.2) is 73.8 Å². The highest BCUT2D eigenvalue weighted by atomic mass is 16.4. The van der Waals surface area contributed by atoms with Gasteiger partial charge < -0.3 is 37.4 Å². The lowest BCUT2D eigenvalue weighted by molar-refractivity contribution is -0.139. The fourth-order valence-electron chi connectivity index (χ4n) is 8.80. The Labute approximate surface area is 376 Å². The van der Waals surface area contributed by atoms with Gasteiger partial charge >= 0.3 is 5.97 Å². The molecule has 13 nitrogen and oxygen atoms in total. The zero-order valence-corrected chi connectivity index (χ0v) is 39.2. The van der Waals surface area contributed by atoms with E-state index in [4.69, 9.17) is 5.73 Å². The van der Waals surface area contributed by atoms with E-state index in [1.165, 1.54) is 0 Å². The smallest absolute Gasteiger partial charge is 0.305 e. The highest BCUT2D eigenvalue weighted by Gasteiger charge is 2.39. The van der Waals surface area contributed by atoms with Gasteiger partial charge in [0, 0.05) is 65.3 Å². The van der Waals surface area contributed by atoms with E-state index < -0.39 is 51.0 Å². The number of carbonyl (C=O) groups excluding carboxylic acids is 5. The van der Waals surface area contributed by atoms with Crippen molar-refractivity contribution in [1.29, 1.82) is 0 Å². The molecule has 6 atom stereocenters. The lowest BCUT2D eigenvalue weighted by Crippen LogP contribution is -2.57. The highest BCUT2D eigenvalue weighted by Crippen LogP contribution is 2.26. The summed E-state index contributed by atoms with van der Waals surface area (Å²) in [7, 11) is 0. The molecule has 13 heteroatoms. The molecule has 2 aromatic rings. The second-order valence-corrected chi connectivity index (χ2v) is 19.5. The number of nitrogens with one attached hydrogen (secondary N) is 5. The van der Waals surface area contributed by atoms with E-state index in [1.807, 2.05) is 88.4 Å². The molecule has 0 radical (unpaired) electrons. The fourth-order valence-corrected chi connectivity index (χ4v) is 8.80. The molecule has 0 aliphatic rings. The molecule has 0 fully saturated rings. The number of benzene rings is 2. The van der Waals surface area contributed by atoms with Crippen molar-refractivity contribution in [3.63, 3.8) is 0 Å². The van der Waals surface area contributed by atoms with Crippen molar-refractivity contribution in [2.75, 3.05) is 0 Å². The first kappa shape index (κ1) is 53.8. The second-order valence-electron chi connectivity index (χ2n) is 19.5. The molecular weight excluding hydrogens is 797 g/mol. The average molecular weight is 873 g/mol. The Balaban J connectivity index is 2.29. The van der Waals surface area contributed by atoms with Crippen LogP contribution in [0.15, 0.2) is 86.0 Å². The predicted octanol–water partition coefficient (Wildman–Crippen LogP) is 6.74. The zero-order valence-electron chi connectivity index (χ0n) is 39.2. The predicted molar refractivity (Wildman–Crippen MR) is 250 cm³/mol. The number of carboxylic acid groups (broad SMARTS) is 1. The van der Waals surface area contributed by atoms with E-state index in [1.54, 1.807) is 39.8 Å². The molecule has 0 bridgehead atoms. The zero-order chi connectivity index (χ0) is 47.5. The molecule has 0 saturated carbocycles. The van der Waals surface area contributed by atoms with Gasteiger partial charge in [0.1, 0.15) is 0 Å². The van der Waals surface area contributed by atoms with Crippen LogP contribution < -0.4 is 32.3 Å². The lowest BCUT2D eigenvalue weighted by atomic mass is 9.85. The summed E-state index contributed by atoms with van der Waals surface area (Å²) in [5, 5.41) is 24.8. The van der Waals surface area contributed by atoms with Crippen LogP contribution in [0.3, 0.4) is 0 Å². The van der Waals surface area contributed by atoms with Crippen molar-refractivity contribution in [3.05, 3.63) is 97.1 Å². The topological polar surface area (TPSA) is 209 Å². The first-order chi connectivity index (χ1) is 29.3. The van der Waals surface area contributed by atoms with Crippen LogP contribution in [0.1, 0.15) is 144 Å². The van der Waals surface area contributed by atoms with Crippen LogP contribution in [0.4, 0.5) is 0 Å². The molecule has 0 aromatic heterocycles. The largest absolute Gasteiger partial charge is 0.481 e. The van der Waals surface area contributed by atoms with Gasteiger partial charge in [-0.05, 0) is 91.2 Å². The van der Waals surface area contributed by atoms with Crippen molar-refractivity contribution in [1.82, 2.24) is 26.6 Å². The summed E-state index contributed by atoms with van der Waals surface area (Å²) in [4.78, 5) is 80.6. The second kappa shape index (κ2) is 24.0. The van der Waals surface area contributed by atoms with E-state index in [9.17, 15) is 33.9 Å². The molecule has 348 valence electrons. The summed E-state index contributed by atoms with van der Waals surface area (Å²) in [5.41, 5.74) is 2.28. The summed E-state index contributed by atoms with van der Waals surface area (Å²) in [6.45, 7) is 22.2. The lowest BCUT2D eigenvalue weighted by Gasteiger charge is -2.37. The van der Waals surface area contributed by atoms with E-state index in [2.05, 4.69) is 39.7 Å². The third-order valence-corrected chi connectivity index (χ3v) is 11.2. The molecule has 0 spiro atoms. The Kier molecular flexibility index (Phi) is 20.5. The van der Waals surface area contributed by atoms with Gasteiger partial charge in [-0.25, -0.2) is 0 Å². The van der Waals surface area contributed by atoms with E-state index >= 15 is 0 Å². The number of hydrogen-bond acceptors (Lipinski definition) is 7. The van der Waals surface area contributed by atoms with Gasteiger partial charge in [-0.1, -0.05) is 99.5 Å². The number of carboxylic acids is 1. The third-order valence-electron chi connectivity index (χ3n) is 11.2. The summed E-state index contributed by atoms with van der Waals surface area (Å²) in [6, 6.07) is 19.0. The van der Waals surface area contributed by atoms with Gasteiger partial charge in [-0.2, -0.15) is 0 Å². The Morgan fingerprint density at radius 1 is 0.508 bits per heavy atom. The van der Waals surface area contributed by atoms with Crippen molar-refractivity contribution < 1.29 is 33.9 Å². The summed E-state index contributed by atoms with van der Waals surface area (Å²) >= 11 is 0. The van der Waals surface area contributed by atoms with Crippen molar-refractivity contribution in [2.45, 2.75) is 179 Å². The number of nitrogens with two attached hydrogens (primary N) is 1. The highest BCUT2D eigenvalue weighted by molar-refractivity contribution is 5.85. The maximum Gasteiger partial charge on any atom is 0.305 e. The van der Waals surface area contributed by atoms with Gasteiger partial charge in [0.25, 0.3) is 0 Å². The van der Waals surface area contributed by atoms with Gasteiger partial charge in [-0.3, -0.25) is 28.8 Å². The van der Waals surface area contributed by atoms with Crippen LogP contribution in [0, 0.1) is 0 Å². The van der Waals surface area contributed by atoms with Gasteiger partial charge in [0.2, 0.25) is 29.5 Å². The minimum atomic E-state index is -1.08. The minimum absolute atomic E-state index is 0.0367. The number of aliphatic carboxylic acids is 1. The summed E-state index contributed by atoms with van der Waals surface area (Å²) in [5.74, 6) is -2.83. The van der Waals surface area contributed by atoms with E-state index in [-0.39, 0.29) is 62.7 Å². The number of carbonyl (C=O) groups is 6. The molecule has 0 heterocycles. The molecule has 63 heavy (non-hydrogen) atoms. The molecule has 0 aliphatic carbocycles. The summed E-state index contributed by atoms with van der Waals surface area (Å²) in [6.07, 6.45) is 6.30. The first-order valence-electron chi connectivity index (χ1n) is 22.2. The molecule has 0 unspecified atom stereocenters. The molecule has 5 amide bonds. The van der Waals surface area contributed by atoms with Gasteiger partial charge in [0.15, 0.2) is 0 Å². The monoisotopic (exact) mass is 873 g/mol. The van der Waals surface area contributed by atoms with Crippen molar-refractivity contribution >= 4 is 35.5 Å². The van der Waals surface area contributed by atoms with E-state index in [0.29, 0.717) is 44.9 Å². The Morgan fingerprint density at radius 2 is 0.825 bits per heavy atom. The van der Waals surface area contributed by atoms with Crippen molar-refractivity contribution in [2.24, 2.45) is 5.73 Å². The molecular formula is C50H76N6O7. The number of amides is 5. The van der Waals surface area contributed by atoms with E-state index in [0.717, 1.165) is 11.1 Å². The maximum atomic E-state index is 14.0. The molecule has 2 aromatic carbocycles. The number of hydrogen-bond donors (Lipinski definition) is 7. The third kappa shape index (κ3) is 20.2. The van der Waals surface area contributed by atoms with Crippen LogP contribution in [0.5, 0.6) is 0 Å². The van der Waals surface area contributed by atoms with Crippen LogP contribution >= 0.6 is 0 Å². The van der Waals surface area contributed by atoms with Gasteiger partial charge in [0.05, 0.1) is 6.42 Å². The van der Waals surface area contributed by atoms with Crippen LogP contribution in [-0.2, 0) is 41.6 Å². The quantitative estimate of drug-likeness (QED) is 0.0435. The molecule has 0 saturated heterocycles. The minimum Gasteiger partial charge on any atom is -0.481 e. The Bertz CT molecular complexity index is 1870. The Hall–Kier alpha value is -5.30. The fraction of sp³-hybridized carbons (Fsp3) is 0.560. The standard InChI is InChI=1S/C50H76N6O7/c1-11-25-45(5,51)31-39(57)55-49(9,29-37-21-17-15-18-22-37)34-42(60)53-46(6,26-12-2)32-40(58)52-47(7,27-13-3)33-41(59)56-50(10,30-38-23-19-16-20-24-38)35-43(61)54-48(8,28-14-4)36-44(62)63/h11,13,15-24H,1,3,12,14,25-36,51H2,2,4-10H3,(H,52,58)(H,53,60)(H,54,61)(H,55,57)(H,56,59)(H,62,63)/t45-,46-,47-,48-,49-,50-/m1/s1. The average Bonchev–Trinajstić information content (AvgIpc) is 3.10. The Morgan fingerprint density at radius 3 is 1.19 bits per heavy atom. The van der Waals surface area contributed by atoms with Gasteiger partial charge in [-0.15, -0.1) is 13.2 Å². The maximum absolute atomic E-state index is 14.0. The normalized spacial score (nSPS) is 17.0. The molecule has 2 rings (SSSR count). The van der Waals surface area contributed by atoms with Crippen molar-refractivity contribution in [3.8, 4) is 0 Å². The summed E-state index contributed by atoms with van der Waals surface area (Å²) < 4.78 is 0. The molecule has 0 aliphatic heterocycles. The molecule has 8 N–H and O–H groups in total. The first-order valence-corrected chi connectivity index (χ1v) is 22.2.